The zero-order chi connectivity index (χ0) is 18.4. The average Bonchev–Trinajstić information content (AvgIpc) is 3.32. The molecule has 1 saturated heterocycles. The molecular weight excluding hydrogens is 384 g/mol. The Hall–Kier alpha value is -1.28. The second kappa shape index (κ2) is 9.60. The highest BCUT2D eigenvalue weighted by Crippen LogP contribution is 2.30. The van der Waals surface area contributed by atoms with Crippen molar-refractivity contribution in [2.75, 3.05) is 32.6 Å². The van der Waals surface area contributed by atoms with Gasteiger partial charge in [-0.2, -0.15) is 0 Å². The first-order valence-electron chi connectivity index (χ1n) is 8.65. The van der Waals surface area contributed by atoms with Crippen molar-refractivity contribution in [1.82, 2.24) is 9.80 Å². The van der Waals surface area contributed by atoms with Gasteiger partial charge >= 0.3 is 0 Å². The first-order valence-corrected chi connectivity index (χ1v) is 10.9. The number of thiophene rings is 1. The number of hydrogen-bond acceptors (Lipinski definition) is 6. The van der Waals surface area contributed by atoms with Crippen LogP contribution in [0.4, 0.5) is 0 Å². The summed E-state index contributed by atoms with van der Waals surface area (Å²) in [5.74, 6) is 2.66. The molecule has 1 fully saturated rings. The highest BCUT2D eigenvalue weighted by Gasteiger charge is 2.19. The maximum Gasteiger partial charge on any atom is 0.161 e. The van der Waals surface area contributed by atoms with Crippen LogP contribution in [-0.4, -0.2) is 46.7 Å². The molecule has 0 radical (unpaired) electrons. The number of nitrogens with zero attached hydrogens (tertiary/aromatic N) is 2. The molecule has 1 aliphatic rings. The largest absolute Gasteiger partial charge is 0.493 e. The van der Waals surface area contributed by atoms with E-state index in [2.05, 4.69) is 40.3 Å². The van der Waals surface area contributed by atoms with Crippen LogP contribution >= 0.6 is 35.3 Å². The number of ether oxygens (including phenoxy) is 2. The molecule has 7 heteroatoms. The fraction of sp³-hybridized carbons (Fsp3) is 0.421. The monoisotopic (exact) mass is 408 g/mol. The van der Waals surface area contributed by atoms with Gasteiger partial charge in [-0.05, 0) is 35.7 Å². The van der Waals surface area contributed by atoms with Crippen molar-refractivity contribution in [3.05, 3.63) is 46.2 Å². The van der Waals surface area contributed by atoms with Gasteiger partial charge in [0.05, 0.1) is 13.8 Å². The highest BCUT2D eigenvalue weighted by molar-refractivity contribution is 8.23. The maximum absolute atomic E-state index is 5.92. The molecule has 0 atom stereocenters. The maximum atomic E-state index is 5.92. The van der Waals surface area contributed by atoms with Crippen LogP contribution in [0.1, 0.15) is 17.4 Å². The van der Waals surface area contributed by atoms with Gasteiger partial charge in [-0.25, -0.2) is 0 Å². The molecule has 2 aromatic rings. The van der Waals surface area contributed by atoms with E-state index < -0.39 is 0 Å². The quantitative estimate of drug-likeness (QED) is 0.569. The van der Waals surface area contributed by atoms with Crippen molar-refractivity contribution in [2.45, 2.75) is 20.1 Å². The second-order valence-electron chi connectivity index (χ2n) is 6.02. The van der Waals surface area contributed by atoms with E-state index in [1.54, 1.807) is 30.2 Å². The van der Waals surface area contributed by atoms with E-state index >= 15 is 0 Å². The normalized spacial score (nSPS) is 14.3. The summed E-state index contributed by atoms with van der Waals surface area (Å²) >= 11 is 8.88. The Labute approximate surface area is 169 Å². The Bertz CT molecular complexity index is 722. The van der Waals surface area contributed by atoms with Crippen molar-refractivity contribution in [3.8, 4) is 11.5 Å². The summed E-state index contributed by atoms with van der Waals surface area (Å²) in [5, 5.41) is 2.06. The fourth-order valence-electron chi connectivity index (χ4n) is 2.79. The zero-order valence-corrected chi connectivity index (χ0v) is 17.6. The Morgan fingerprint density at radius 1 is 1.27 bits per heavy atom. The number of rotatable bonds is 9. The lowest BCUT2D eigenvalue weighted by Gasteiger charge is -2.27. The first-order chi connectivity index (χ1) is 12.7. The van der Waals surface area contributed by atoms with Gasteiger partial charge in [-0.15, -0.1) is 11.3 Å². The van der Waals surface area contributed by atoms with Crippen LogP contribution in [0.2, 0.25) is 0 Å². The van der Waals surface area contributed by atoms with Gasteiger partial charge < -0.3 is 14.4 Å². The zero-order valence-electron chi connectivity index (χ0n) is 15.1. The molecule has 0 aliphatic carbocycles. The third-order valence-electron chi connectivity index (χ3n) is 4.25. The van der Waals surface area contributed by atoms with Crippen LogP contribution in [0, 0.1) is 0 Å². The second-order valence-corrected chi connectivity index (χ2v) is 8.78. The molecule has 26 heavy (non-hydrogen) atoms. The van der Waals surface area contributed by atoms with E-state index in [1.807, 2.05) is 12.1 Å². The molecule has 0 saturated carbocycles. The van der Waals surface area contributed by atoms with Crippen LogP contribution in [0.25, 0.3) is 0 Å². The van der Waals surface area contributed by atoms with Crippen LogP contribution in [-0.2, 0) is 13.2 Å². The number of benzene rings is 1. The third kappa shape index (κ3) is 5.13. The molecule has 1 aliphatic heterocycles. The van der Waals surface area contributed by atoms with Crippen molar-refractivity contribution >= 4 is 39.6 Å². The standard InChI is InChI=1S/C19H24N2O2S3/c1-3-20(14-21-8-10-26-19(21)24)12-15-6-7-17(18(11-15)22-2)23-13-16-5-4-9-25-16/h4-7,9,11H,3,8,10,12-14H2,1-2H3. The molecule has 0 N–H and O–H groups in total. The highest BCUT2D eigenvalue weighted by atomic mass is 32.2. The smallest absolute Gasteiger partial charge is 0.161 e. The SMILES string of the molecule is CCN(Cc1ccc(OCc2cccs2)c(OC)c1)CN1CCSC1=S. The summed E-state index contributed by atoms with van der Waals surface area (Å²) in [6.45, 7) is 6.51. The van der Waals surface area contributed by atoms with E-state index in [4.69, 9.17) is 21.7 Å². The summed E-state index contributed by atoms with van der Waals surface area (Å²) < 4.78 is 12.5. The molecular formula is C19H24N2O2S3. The molecule has 140 valence electrons. The van der Waals surface area contributed by atoms with Crippen LogP contribution in [0.15, 0.2) is 35.7 Å². The Morgan fingerprint density at radius 3 is 2.81 bits per heavy atom. The van der Waals surface area contributed by atoms with Gasteiger partial charge in [0.25, 0.3) is 0 Å². The number of methoxy groups -OCH3 is 1. The van der Waals surface area contributed by atoms with Gasteiger partial charge in [0.2, 0.25) is 0 Å². The fourth-order valence-corrected chi connectivity index (χ4v) is 4.62. The van der Waals surface area contributed by atoms with E-state index in [1.165, 1.54) is 10.4 Å². The molecule has 1 aromatic carbocycles. The van der Waals surface area contributed by atoms with E-state index in [0.717, 1.165) is 47.9 Å². The van der Waals surface area contributed by atoms with Gasteiger partial charge in [0.1, 0.15) is 10.9 Å². The van der Waals surface area contributed by atoms with Gasteiger partial charge in [-0.3, -0.25) is 4.90 Å². The molecule has 4 nitrogen and oxygen atoms in total. The van der Waals surface area contributed by atoms with Crippen molar-refractivity contribution in [2.24, 2.45) is 0 Å². The predicted molar refractivity (Wildman–Crippen MR) is 114 cm³/mol. The molecule has 0 amide bonds. The van der Waals surface area contributed by atoms with E-state index in [-0.39, 0.29) is 0 Å². The first kappa shape index (κ1) is 19.5. The molecule has 0 spiro atoms. The molecule has 2 heterocycles. The lowest BCUT2D eigenvalue weighted by atomic mass is 10.2. The topological polar surface area (TPSA) is 24.9 Å². The Kier molecular flexibility index (Phi) is 7.19. The number of thioether (sulfide) groups is 1. The molecule has 3 rings (SSSR count). The van der Waals surface area contributed by atoms with Crippen LogP contribution in [0.5, 0.6) is 11.5 Å². The van der Waals surface area contributed by atoms with E-state index in [9.17, 15) is 0 Å². The summed E-state index contributed by atoms with van der Waals surface area (Å²) in [6, 6.07) is 10.3. The van der Waals surface area contributed by atoms with Crippen molar-refractivity contribution in [3.63, 3.8) is 0 Å². The van der Waals surface area contributed by atoms with Gasteiger partial charge in [0.15, 0.2) is 11.5 Å². The Morgan fingerprint density at radius 2 is 2.15 bits per heavy atom. The van der Waals surface area contributed by atoms with Gasteiger partial charge in [0, 0.05) is 23.7 Å². The minimum atomic E-state index is 0.568. The van der Waals surface area contributed by atoms with Crippen LogP contribution < -0.4 is 9.47 Å². The minimum Gasteiger partial charge on any atom is -0.493 e. The summed E-state index contributed by atoms with van der Waals surface area (Å²) in [5.41, 5.74) is 1.21. The van der Waals surface area contributed by atoms with Gasteiger partial charge in [-0.1, -0.05) is 43.0 Å². The predicted octanol–water partition coefficient (Wildman–Crippen LogP) is 4.45. The summed E-state index contributed by atoms with van der Waals surface area (Å²) in [6.07, 6.45) is 0. The number of hydrogen-bond donors (Lipinski definition) is 0. The summed E-state index contributed by atoms with van der Waals surface area (Å²) in [7, 11) is 1.69. The lowest BCUT2D eigenvalue weighted by molar-refractivity contribution is 0.197. The van der Waals surface area contributed by atoms with Crippen LogP contribution in [0.3, 0.4) is 0 Å². The van der Waals surface area contributed by atoms with Crippen molar-refractivity contribution in [1.29, 1.82) is 0 Å². The number of thiocarbonyl (C=S) groups is 1. The lowest BCUT2D eigenvalue weighted by Crippen LogP contribution is -2.37. The molecule has 1 aromatic heterocycles. The minimum absolute atomic E-state index is 0.568. The van der Waals surface area contributed by atoms with Crippen molar-refractivity contribution < 1.29 is 9.47 Å². The van der Waals surface area contributed by atoms with E-state index in [0.29, 0.717) is 6.61 Å². The molecule has 0 bridgehead atoms. The average molecular weight is 409 g/mol. The Balaban J connectivity index is 1.62. The summed E-state index contributed by atoms with van der Waals surface area (Å²) in [4.78, 5) is 5.87. The molecule has 0 unspecified atom stereocenters. The third-order valence-corrected chi connectivity index (χ3v) is 6.60.